The van der Waals surface area contributed by atoms with Crippen LogP contribution in [0.15, 0.2) is 24.3 Å². The third kappa shape index (κ3) is 5.54. The third-order valence-electron chi connectivity index (χ3n) is 3.65. The standard InChI is InChI=1S/C17H20F2O4/c1-21-15-11-12(7-9-14(15)23-17(18)19)8-10-16(20)22-13-5-3-2-4-6-13/h7-11,13,17H,2-6H2,1H3/b10-8+. The number of methoxy groups -OCH3 is 1. The van der Waals surface area contributed by atoms with Crippen molar-refractivity contribution in [2.24, 2.45) is 0 Å². The molecule has 2 rings (SSSR count). The zero-order valence-corrected chi connectivity index (χ0v) is 13.0. The number of carbonyl (C=O) groups excluding carboxylic acids is 1. The number of ether oxygens (including phenoxy) is 3. The fourth-order valence-corrected chi connectivity index (χ4v) is 2.53. The fraction of sp³-hybridized carbons (Fsp3) is 0.471. The molecule has 0 radical (unpaired) electrons. The SMILES string of the molecule is COc1cc(/C=C/C(=O)OC2CCCCC2)ccc1OC(F)F. The second-order valence-corrected chi connectivity index (χ2v) is 5.32. The van der Waals surface area contributed by atoms with Crippen LogP contribution in [-0.4, -0.2) is 25.8 Å². The second kappa shape index (κ2) is 8.50. The molecule has 0 heterocycles. The van der Waals surface area contributed by atoms with E-state index in [-0.39, 0.29) is 17.6 Å². The number of rotatable bonds is 6. The first-order chi connectivity index (χ1) is 11.1. The lowest BCUT2D eigenvalue weighted by molar-refractivity contribution is -0.144. The van der Waals surface area contributed by atoms with E-state index in [9.17, 15) is 13.6 Å². The lowest BCUT2D eigenvalue weighted by atomic mass is 9.98. The molecule has 0 bridgehead atoms. The molecule has 1 aromatic rings. The molecule has 1 fully saturated rings. The van der Waals surface area contributed by atoms with Crippen molar-refractivity contribution in [3.8, 4) is 11.5 Å². The van der Waals surface area contributed by atoms with Gasteiger partial charge in [-0.3, -0.25) is 0 Å². The lowest BCUT2D eigenvalue weighted by Gasteiger charge is -2.20. The second-order valence-electron chi connectivity index (χ2n) is 5.32. The van der Waals surface area contributed by atoms with Gasteiger partial charge in [-0.2, -0.15) is 8.78 Å². The van der Waals surface area contributed by atoms with Crippen LogP contribution >= 0.6 is 0 Å². The van der Waals surface area contributed by atoms with E-state index in [1.165, 1.54) is 31.7 Å². The van der Waals surface area contributed by atoms with E-state index in [1.807, 2.05) is 0 Å². The Labute approximate surface area is 134 Å². The average molecular weight is 326 g/mol. The quantitative estimate of drug-likeness (QED) is 0.581. The van der Waals surface area contributed by atoms with Crippen molar-refractivity contribution < 1.29 is 27.8 Å². The van der Waals surface area contributed by atoms with Crippen LogP contribution in [-0.2, 0) is 9.53 Å². The first kappa shape index (κ1) is 17.2. The van der Waals surface area contributed by atoms with Crippen LogP contribution in [0.2, 0.25) is 0 Å². The summed E-state index contributed by atoms with van der Waals surface area (Å²) in [5.41, 5.74) is 0.629. The molecule has 1 saturated carbocycles. The van der Waals surface area contributed by atoms with Crippen molar-refractivity contribution in [1.82, 2.24) is 0 Å². The monoisotopic (exact) mass is 326 g/mol. The van der Waals surface area contributed by atoms with Gasteiger partial charge in [0.05, 0.1) is 7.11 Å². The van der Waals surface area contributed by atoms with Gasteiger partial charge in [-0.25, -0.2) is 4.79 Å². The Bertz CT molecular complexity index is 552. The number of halogens is 2. The topological polar surface area (TPSA) is 44.8 Å². The molecule has 0 atom stereocenters. The van der Waals surface area contributed by atoms with E-state index in [0.29, 0.717) is 5.56 Å². The van der Waals surface area contributed by atoms with Crippen molar-refractivity contribution >= 4 is 12.0 Å². The Kier molecular flexibility index (Phi) is 6.38. The van der Waals surface area contributed by atoms with Crippen LogP contribution in [0.1, 0.15) is 37.7 Å². The zero-order valence-electron chi connectivity index (χ0n) is 13.0. The normalized spacial score (nSPS) is 15.8. The summed E-state index contributed by atoms with van der Waals surface area (Å²) in [4.78, 5) is 11.8. The first-order valence-corrected chi connectivity index (χ1v) is 7.60. The minimum Gasteiger partial charge on any atom is -0.493 e. The van der Waals surface area contributed by atoms with Gasteiger partial charge in [-0.05, 0) is 49.5 Å². The lowest BCUT2D eigenvalue weighted by Crippen LogP contribution is -2.19. The minimum atomic E-state index is -2.92. The van der Waals surface area contributed by atoms with Crippen LogP contribution in [0.25, 0.3) is 6.08 Å². The molecular weight excluding hydrogens is 306 g/mol. The maximum Gasteiger partial charge on any atom is 0.387 e. The van der Waals surface area contributed by atoms with E-state index in [4.69, 9.17) is 9.47 Å². The van der Waals surface area contributed by atoms with Gasteiger partial charge in [0.25, 0.3) is 0 Å². The van der Waals surface area contributed by atoms with Gasteiger partial charge >= 0.3 is 12.6 Å². The summed E-state index contributed by atoms with van der Waals surface area (Å²) >= 11 is 0. The summed E-state index contributed by atoms with van der Waals surface area (Å²) in [6, 6.07) is 4.45. The molecule has 1 aliphatic carbocycles. The van der Waals surface area contributed by atoms with Crippen molar-refractivity contribution in [2.45, 2.75) is 44.8 Å². The first-order valence-electron chi connectivity index (χ1n) is 7.60. The van der Waals surface area contributed by atoms with E-state index >= 15 is 0 Å². The van der Waals surface area contributed by atoms with Gasteiger partial charge in [0, 0.05) is 6.08 Å². The highest BCUT2D eigenvalue weighted by Crippen LogP contribution is 2.30. The highest BCUT2D eigenvalue weighted by molar-refractivity contribution is 5.87. The number of carbonyl (C=O) groups is 1. The Morgan fingerprint density at radius 3 is 2.61 bits per heavy atom. The highest BCUT2D eigenvalue weighted by Gasteiger charge is 2.16. The predicted molar refractivity (Wildman–Crippen MR) is 81.6 cm³/mol. The van der Waals surface area contributed by atoms with Crippen molar-refractivity contribution in [3.63, 3.8) is 0 Å². The van der Waals surface area contributed by atoms with Gasteiger partial charge in [0.2, 0.25) is 0 Å². The molecule has 0 saturated heterocycles. The number of esters is 1. The molecule has 0 amide bonds. The molecule has 126 valence electrons. The van der Waals surface area contributed by atoms with Crippen LogP contribution in [0.3, 0.4) is 0 Å². The molecule has 6 heteroatoms. The summed E-state index contributed by atoms with van der Waals surface area (Å²) in [6.07, 6.45) is 8.07. The van der Waals surface area contributed by atoms with Crippen LogP contribution in [0.4, 0.5) is 8.78 Å². The maximum absolute atomic E-state index is 12.3. The molecule has 0 aliphatic heterocycles. The Hall–Kier alpha value is -2.11. The summed E-state index contributed by atoms with van der Waals surface area (Å²) in [6.45, 7) is -2.92. The number of alkyl halides is 2. The number of hydrogen-bond acceptors (Lipinski definition) is 4. The molecule has 1 aliphatic rings. The molecule has 0 spiro atoms. The highest BCUT2D eigenvalue weighted by atomic mass is 19.3. The molecule has 0 unspecified atom stereocenters. The molecule has 1 aromatic carbocycles. The van der Waals surface area contributed by atoms with Crippen LogP contribution in [0, 0.1) is 0 Å². The summed E-state index contributed by atoms with van der Waals surface area (Å²) in [5.74, 6) is -0.277. The molecule has 23 heavy (non-hydrogen) atoms. The van der Waals surface area contributed by atoms with Gasteiger partial charge < -0.3 is 14.2 Å². The van der Waals surface area contributed by atoms with E-state index in [0.717, 1.165) is 25.7 Å². The van der Waals surface area contributed by atoms with Crippen LogP contribution in [0.5, 0.6) is 11.5 Å². The van der Waals surface area contributed by atoms with Crippen molar-refractivity contribution in [3.05, 3.63) is 29.8 Å². The van der Waals surface area contributed by atoms with E-state index in [1.54, 1.807) is 12.1 Å². The van der Waals surface area contributed by atoms with E-state index < -0.39 is 12.6 Å². The molecule has 0 aromatic heterocycles. The molecular formula is C17H20F2O4. The predicted octanol–water partition coefficient (Wildman–Crippen LogP) is 4.19. The van der Waals surface area contributed by atoms with E-state index in [2.05, 4.69) is 4.74 Å². The summed E-state index contributed by atoms with van der Waals surface area (Å²) < 4.78 is 39.2. The van der Waals surface area contributed by atoms with Gasteiger partial charge in [-0.15, -0.1) is 0 Å². The third-order valence-corrected chi connectivity index (χ3v) is 3.65. The van der Waals surface area contributed by atoms with Crippen molar-refractivity contribution in [1.29, 1.82) is 0 Å². The molecule has 0 N–H and O–H groups in total. The zero-order chi connectivity index (χ0) is 16.7. The smallest absolute Gasteiger partial charge is 0.387 e. The van der Waals surface area contributed by atoms with Crippen molar-refractivity contribution in [2.75, 3.05) is 7.11 Å². The fourth-order valence-electron chi connectivity index (χ4n) is 2.53. The van der Waals surface area contributed by atoms with Gasteiger partial charge in [-0.1, -0.05) is 12.5 Å². The Balaban J connectivity index is 1.96. The summed E-state index contributed by atoms with van der Waals surface area (Å²) in [7, 11) is 1.36. The van der Waals surface area contributed by atoms with Gasteiger partial charge in [0.15, 0.2) is 11.5 Å². The summed E-state index contributed by atoms with van der Waals surface area (Å²) in [5, 5.41) is 0. The molecule has 4 nitrogen and oxygen atoms in total. The number of hydrogen-bond donors (Lipinski definition) is 0. The minimum absolute atomic E-state index is 0.00254. The Morgan fingerprint density at radius 1 is 1.22 bits per heavy atom. The van der Waals surface area contributed by atoms with Crippen LogP contribution < -0.4 is 9.47 Å². The number of benzene rings is 1. The Morgan fingerprint density at radius 2 is 1.96 bits per heavy atom. The maximum atomic E-state index is 12.3. The van der Waals surface area contributed by atoms with Gasteiger partial charge in [0.1, 0.15) is 6.10 Å². The largest absolute Gasteiger partial charge is 0.493 e. The average Bonchev–Trinajstić information content (AvgIpc) is 2.54.